The third kappa shape index (κ3) is 5.85. The van der Waals surface area contributed by atoms with Crippen LogP contribution in [-0.4, -0.2) is 37.9 Å². The SMILES string of the molecule is O=C=NCC1CCCCC2CC(CN=C=O)CCC2(CN=C=O)CCC1. The minimum atomic E-state index is 0.0641. The molecule has 2 saturated carbocycles. The van der Waals surface area contributed by atoms with Crippen LogP contribution in [-0.2, 0) is 14.4 Å². The lowest BCUT2D eigenvalue weighted by molar-refractivity contribution is 0.0486. The first-order chi connectivity index (χ1) is 12.7. The van der Waals surface area contributed by atoms with Crippen LogP contribution in [0.2, 0.25) is 0 Å². The topological polar surface area (TPSA) is 88.3 Å². The number of hydrogen-bond acceptors (Lipinski definition) is 6. The Morgan fingerprint density at radius 2 is 1.38 bits per heavy atom. The van der Waals surface area contributed by atoms with E-state index in [1.165, 1.54) is 0 Å². The van der Waals surface area contributed by atoms with Crippen molar-refractivity contribution in [3.05, 3.63) is 0 Å². The summed E-state index contributed by atoms with van der Waals surface area (Å²) in [5, 5.41) is 0. The van der Waals surface area contributed by atoms with Gasteiger partial charge in [0.1, 0.15) is 0 Å². The average molecular weight is 359 g/mol. The molecule has 6 nitrogen and oxygen atoms in total. The van der Waals surface area contributed by atoms with Gasteiger partial charge in [-0.1, -0.05) is 19.3 Å². The van der Waals surface area contributed by atoms with E-state index in [1.54, 1.807) is 18.2 Å². The van der Waals surface area contributed by atoms with E-state index in [9.17, 15) is 14.4 Å². The fourth-order valence-corrected chi connectivity index (χ4v) is 5.09. The molecule has 0 aromatic heterocycles. The Kier molecular flexibility index (Phi) is 8.64. The molecular formula is C20H29N3O3. The Balaban J connectivity index is 2.10. The molecular weight excluding hydrogens is 330 g/mol. The molecule has 2 aliphatic rings. The summed E-state index contributed by atoms with van der Waals surface area (Å²) in [6.07, 6.45) is 15.9. The van der Waals surface area contributed by atoms with Crippen LogP contribution in [0.5, 0.6) is 0 Å². The van der Waals surface area contributed by atoms with Gasteiger partial charge >= 0.3 is 0 Å². The number of fused-ring (bicyclic) bond motifs is 1. The molecule has 0 heterocycles. The van der Waals surface area contributed by atoms with Crippen LogP contribution >= 0.6 is 0 Å². The van der Waals surface area contributed by atoms with Crippen molar-refractivity contribution in [3.8, 4) is 0 Å². The van der Waals surface area contributed by atoms with E-state index in [0.29, 0.717) is 37.4 Å². The molecule has 2 rings (SSSR count). The van der Waals surface area contributed by atoms with E-state index < -0.39 is 0 Å². The van der Waals surface area contributed by atoms with Crippen molar-refractivity contribution >= 4 is 18.2 Å². The Hall–Kier alpha value is -1.86. The van der Waals surface area contributed by atoms with Gasteiger partial charge in [0.25, 0.3) is 0 Å². The van der Waals surface area contributed by atoms with Crippen molar-refractivity contribution in [3.63, 3.8) is 0 Å². The van der Waals surface area contributed by atoms with Gasteiger partial charge in [0.05, 0.1) is 19.6 Å². The van der Waals surface area contributed by atoms with Gasteiger partial charge in [-0.05, 0) is 68.1 Å². The molecule has 0 spiro atoms. The highest BCUT2D eigenvalue weighted by atomic mass is 16.1. The van der Waals surface area contributed by atoms with E-state index in [2.05, 4.69) is 15.0 Å². The molecule has 2 fully saturated rings. The molecule has 0 amide bonds. The normalized spacial score (nSPS) is 32.1. The third-order valence-electron chi connectivity index (χ3n) is 6.52. The second kappa shape index (κ2) is 11.0. The molecule has 0 radical (unpaired) electrons. The molecule has 0 bridgehead atoms. The summed E-state index contributed by atoms with van der Waals surface area (Å²) >= 11 is 0. The van der Waals surface area contributed by atoms with Gasteiger partial charge in [-0.15, -0.1) is 0 Å². The first-order valence-electron chi connectivity index (χ1n) is 9.85. The van der Waals surface area contributed by atoms with Gasteiger partial charge in [0, 0.05) is 0 Å². The number of hydrogen-bond donors (Lipinski definition) is 0. The summed E-state index contributed by atoms with van der Waals surface area (Å²) in [5.74, 6) is 1.41. The van der Waals surface area contributed by atoms with E-state index >= 15 is 0 Å². The van der Waals surface area contributed by atoms with Crippen LogP contribution in [0.25, 0.3) is 0 Å². The van der Waals surface area contributed by atoms with Crippen LogP contribution in [0.4, 0.5) is 0 Å². The summed E-state index contributed by atoms with van der Waals surface area (Å²) in [7, 11) is 0. The van der Waals surface area contributed by atoms with Gasteiger partial charge in [-0.3, -0.25) is 0 Å². The van der Waals surface area contributed by atoms with Crippen molar-refractivity contribution in [1.29, 1.82) is 0 Å². The highest BCUT2D eigenvalue weighted by molar-refractivity contribution is 5.33. The first kappa shape index (κ1) is 20.5. The summed E-state index contributed by atoms with van der Waals surface area (Å²) in [6, 6.07) is 0. The number of carbonyl (C=O) groups excluding carboxylic acids is 3. The van der Waals surface area contributed by atoms with E-state index in [0.717, 1.165) is 64.2 Å². The number of aliphatic imine (C=N–C) groups is 3. The maximum Gasteiger partial charge on any atom is 0.234 e. The lowest BCUT2D eigenvalue weighted by Gasteiger charge is -2.46. The van der Waals surface area contributed by atoms with Gasteiger partial charge in [-0.2, -0.15) is 0 Å². The predicted molar refractivity (Wildman–Crippen MR) is 98.0 cm³/mol. The molecule has 4 atom stereocenters. The number of rotatable bonds is 6. The Morgan fingerprint density at radius 1 is 0.731 bits per heavy atom. The van der Waals surface area contributed by atoms with Crippen LogP contribution in [0, 0.1) is 23.2 Å². The molecule has 0 aromatic carbocycles. The highest BCUT2D eigenvalue weighted by Crippen LogP contribution is 2.50. The zero-order valence-electron chi connectivity index (χ0n) is 15.5. The molecule has 0 N–H and O–H groups in total. The molecule has 26 heavy (non-hydrogen) atoms. The minimum absolute atomic E-state index is 0.0641. The van der Waals surface area contributed by atoms with Gasteiger partial charge in [-0.25, -0.2) is 29.4 Å². The Labute approximate surface area is 155 Å². The second-order valence-corrected chi connectivity index (χ2v) is 8.01. The van der Waals surface area contributed by atoms with E-state index in [-0.39, 0.29) is 5.41 Å². The molecule has 4 unspecified atom stereocenters. The Bertz CT molecular complexity index is 589. The largest absolute Gasteiger partial charge is 0.234 e. The summed E-state index contributed by atoms with van der Waals surface area (Å²) < 4.78 is 0. The standard InChI is InChI=1S/C20H29N3O3/c24-14-21-11-17-4-1-2-6-19-10-18(12-22-15-25)7-9-20(19,8-3-5-17)13-23-16-26/h17-19H,1-13H2. The second-order valence-electron chi connectivity index (χ2n) is 8.01. The molecule has 0 saturated heterocycles. The fourth-order valence-electron chi connectivity index (χ4n) is 5.09. The zero-order valence-corrected chi connectivity index (χ0v) is 15.5. The lowest BCUT2D eigenvalue weighted by Crippen LogP contribution is -2.40. The van der Waals surface area contributed by atoms with Crippen LogP contribution in [0.1, 0.15) is 64.2 Å². The average Bonchev–Trinajstić information content (AvgIpc) is 2.67. The highest BCUT2D eigenvalue weighted by Gasteiger charge is 2.42. The molecule has 0 aromatic rings. The smallest absolute Gasteiger partial charge is 0.211 e. The van der Waals surface area contributed by atoms with Crippen LogP contribution in [0.3, 0.4) is 0 Å². The maximum atomic E-state index is 10.8. The monoisotopic (exact) mass is 359 g/mol. The van der Waals surface area contributed by atoms with Crippen molar-refractivity contribution < 1.29 is 14.4 Å². The Morgan fingerprint density at radius 3 is 2.12 bits per heavy atom. The summed E-state index contributed by atoms with van der Waals surface area (Å²) in [6.45, 7) is 1.71. The quantitative estimate of drug-likeness (QED) is 0.534. The van der Waals surface area contributed by atoms with Gasteiger partial charge in [0.15, 0.2) is 0 Å². The zero-order chi connectivity index (χ0) is 18.7. The first-order valence-corrected chi connectivity index (χ1v) is 9.85. The van der Waals surface area contributed by atoms with Crippen molar-refractivity contribution in [2.75, 3.05) is 19.6 Å². The molecule has 142 valence electrons. The maximum absolute atomic E-state index is 10.8. The fraction of sp³-hybridized carbons (Fsp3) is 0.850. The van der Waals surface area contributed by atoms with Crippen molar-refractivity contribution in [1.82, 2.24) is 0 Å². The summed E-state index contributed by atoms with van der Waals surface area (Å²) in [4.78, 5) is 43.2. The molecule has 0 aliphatic heterocycles. The van der Waals surface area contributed by atoms with Crippen molar-refractivity contribution in [2.45, 2.75) is 64.2 Å². The van der Waals surface area contributed by atoms with Crippen LogP contribution < -0.4 is 0 Å². The van der Waals surface area contributed by atoms with E-state index in [1.807, 2.05) is 0 Å². The number of nitrogens with zero attached hydrogens (tertiary/aromatic N) is 3. The lowest BCUT2D eigenvalue weighted by atomic mass is 9.59. The van der Waals surface area contributed by atoms with Gasteiger partial charge < -0.3 is 0 Å². The minimum Gasteiger partial charge on any atom is -0.211 e. The predicted octanol–water partition coefficient (Wildman–Crippen LogP) is 3.76. The number of isocyanates is 3. The van der Waals surface area contributed by atoms with E-state index in [4.69, 9.17) is 0 Å². The van der Waals surface area contributed by atoms with Crippen molar-refractivity contribution in [2.24, 2.45) is 38.1 Å². The van der Waals surface area contributed by atoms with Crippen LogP contribution in [0.15, 0.2) is 15.0 Å². The molecule has 6 heteroatoms. The summed E-state index contributed by atoms with van der Waals surface area (Å²) in [5.41, 5.74) is 0.0641. The third-order valence-corrected chi connectivity index (χ3v) is 6.52. The van der Waals surface area contributed by atoms with Gasteiger partial charge in [0.2, 0.25) is 18.2 Å². The molecule has 2 aliphatic carbocycles.